The molecule has 3 nitrogen and oxygen atoms in total. The third-order valence-corrected chi connectivity index (χ3v) is 1.90. The van der Waals surface area contributed by atoms with Gasteiger partial charge in [0.1, 0.15) is 0 Å². The Morgan fingerprint density at radius 3 is 2.80 bits per heavy atom. The topological polar surface area (TPSA) is 56.0 Å². The van der Waals surface area contributed by atoms with Crippen molar-refractivity contribution in [2.75, 3.05) is 0 Å². The number of pyridine rings is 1. The minimum absolute atomic E-state index is 0.410. The van der Waals surface area contributed by atoms with Crippen molar-refractivity contribution in [3.05, 3.63) is 27.6 Å². The molecule has 1 aromatic heterocycles. The highest BCUT2D eigenvalue weighted by molar-refractivity contribution is 14.1. The number of nitrogens with two attached hydrogens (primary N) is 1. The van der Waals surface area contributed by atoms with Gasteiger partial charge in [0.05, 0.1) is 5.56 Å². The van der Waals surface area contributed by atoms with Crippen LogP contribution in [0.25, 0.3) is 0 Å². The Hall–Kier alpha value is -0.650. The summed E-state index contributed by atoms with van der Waals surface area (Å²) in [5, 5.41) is 0. The summed E-state index contributed by atoms with van der Waals surface area (Å²) in [6.45, 7) is 0. The molecule has 10 heavy (non-hydrogen) atoms. The first kappa shape index (κ1) is 7.46. The van der Waals surface area contributed by atoms with E-state index in [1.165, 1.54) is 0 Å². The van der Waals surface area contributed by atoms with Crippen LogP contribution in [0.2, 0.25) is 0 Å². The van der Waals surface area contributed by atoms with Crippen molar-refractivity contribution in [3.63, 3.8) is 0 Å². The van der Waals surface area contributed by atoms with Gasteiger partial charge in [0.2, 0.25) is 5.91 Å². The molecule has 1 rings (SSSR count). The first-order chi connectivity index (χ1) is 4.72. The van der Waals surface area contributed by atoms with Crippen LogP contribution in [0.3, 0.4) is 0 Å². The van der Waals surface area contributed by atoms with Crippen LogP contribution < -0.4 is 5.73 Å². The maximum atomic E-state index is 10.6. The molecule has 0 atom stereocenters. The van der Waals surface area contributed by atoms with Gasteiger partial charge in [0, 0.05) is 16.0 Å². The van der Waals surface area contributed by atoms with Crippen LogP contribution in [0.5, 0.6) is 0 Å². The molecule has 0 radical (unpaired) electrons. The smallest absolute Gasteiger partial charge is 0.249 e. The van der Waals surface area contributed by atoms with Crippen LogP contribution in [-0.4, -0.2) is 10.9 Å². The van der Waals surface area contributed by atoms with Crippen LogP contribution in [0.15, 0.2) is 18.5 Å². The van der Waals surface area contributed by atoms with E-state index < -0.39 is 5.91 Å². The lowest BCUT2D eigenvalue weighted by Gasteiger charge is -1.95. The van der Waals surface area contributed by atoms with Crippen LogP contribution in [0.1, 0.15) is 10.4 Å². The number of nitrogens with zero attached hydrogens (tertiary/aromatic N) is 1. The third kappa shape index (κ3) is 1.44. The van der Waals surface area contributed by atoms with Gasteiger partial charge < -0.3 is 5.73 Å². The summed E-state index contributed by atoms with van der Waals surface area (Å²) in [5.41, 5.74) is 5.57. The zero-order valence-corrected chi connectivity index (χ0v) is 7.20. The molecule has 2 N–H and O–H groups in total. The van der Waals surface area contributed by atoms with Gasteiger partial charge >= 0.3 is 0 Å². The van der Waals surface area contributed by atoms with Crippen molar-refractivity contribution < 1.29 is 4.79 Å². The maximum Gasteiger partial charge on any atom is 0.249 e. The summed E-state index contributed by atoms with van der Waals surface area (Å²) in [6.07, 6.45) is 3.14. The molecule has 0 fully saturated rings. The molecule has 1 amide bonds. The summed E-state index contributed by atoms with van der Waals surface area (Å²) in [7, 11) is 0. The Kier molecular flexibility index (Phi) is 2.21. The Balaban J connectivity index is 3.15. The molecular weight excluding hydrogens is 243 g/mol. The number of hydrogen-bond acceptors (Lipinski definition) is 2. The molecule has 52 valence electrons. The highest BCUT2D eigenvalue weighted by Gasteiger charge is 2.02. The van der Waals surface area contributed by atoms with Crippen LogP contribution in [0, 0.1) is 3.57 Å². The van der Waals surface area contributed by atoms with Crippen molar-refractivity contribution in [2.24, 2.45) is 5.73 Å². The zero-order chi connectivity index (χ0) is 7.56. The maximum absolute atomic E-state index is 10.6. The van der Waals surface area contributed by atoms with Crippen molar-refractivity contribution in [3.8, 4) is 0 Å². The zero-order valence-electron chi connectivity index (χ0n) is 5.04. The number of amides is 1. The van der Waals surface area contributed by atoms with Crippen molar-refractivity contribution in [1.82, 2.24) is 4.98 Å². The molecular formula is C6H5IN2O. The SMILES string of the molecule is NC(=O)c1ccncc1I. The van der Waals surface area contributed by atoms with E-state index in [1.54, 1.807) is 18.5 Å². The van der Waals surface area contributed by atoms with E-state index in [4.69, 9.17) is 5.73 Å². The van der Waals surface area contributed by atoms with E-state index in [1.807, 2.05) is 22.6 Å². The molecule has 0 aliphatic rings. The normalized spacial score (nSPS) is 9.30. The number of halogens is 1. The predicted molar refractivity (Wildman–Crippen MR) is 45.5 cm³/mol. The molecule has 0 aromatic carbocycles. The van der Waals surface area contributed by atoms with Crippen LogP contribution in [0.4, 0.5) is 0 Å². The van der Waals surface area contributed by atoms with Gasteiger partial charge in [-0.15, -0.1) is 0 Å². The van der Waals surface area contributed by atoms with Crippen LogP contribution >= 0.6 is 22.6 Å². The number of carbonyl (C=O) groups is 1. The lowest BCUT2D eigenvalue weighted by molar-refractivity contribution is 0.0999. The summed E-state index contributed by atoms with van der Waals surface area (Å²) < 4.78 is 0.785. The second kappa shape index (κ2) is 2.96. The summed E-state index contributed by atoms with van der Waals surface area (Å²) in [6, 6.07) is 1.60. The molecule has 0 unspecified atom stereocenters. The van der Waals surface area contributed by atoms with E-state index in [0.29, 0.717) is 5.56 Å². The number of primary amides is 1. The van der Waals surface area contributed by atoms with E-state index in [9.17, 15) is 4.79 Å². The van der Waals surface area contributed by atoms with Gasteiger partial charge in [-0.2, -0.15) is 0 Å². The third-order valence-electron chi connectivity index (χ3n) is 1.04. The first-order valence-electron chi connectivity index (χ1n) is 2.61. The summed E-state index contributed by atoms with van der Waals surface area (Å²) in [5.74, 6) is -0.410. The fourth-order valence-electron chi connectivity index (χ4n) is 0.575. The average Bonchev–Trinajstić information content (AvgIpc) is 1.88. The highest BCUT2D eigenvalue weighted by Crippen LogP contribution is 2.07. The van der Waals surface area contributed by atoms with Gasteiger partial charge in [-0.1, -0.05) is 0 Å². The quantitative estimate of drug-likeness (QED) is 0.747. The van der Waals surface area contributed by atoms with Gasteiger partial charge in [0.25, 0.3) is 0 Å². The van der Waals surface area contributed by atoms with Crippen molar-refractivity contribution >= 4 is 28.5 Å². The van der Waals surface area contributed by atoms with E-state index in [-0.39, 0.29) is 0 Å². The molecule has 0 saturated carbocycles. The minimum Gasteiger partial charge on any atom is -0.366 e. The molecule has 0 bridgehead atoms. The summed E-state index contributed by atoms with van der Waals surface area (Å²) >= 11 is 2.01. The molecule has 0 aliphatic heterocycles. The van der Waals surface area contributed by atoms with Gasteiger partial charge in [-0.25, -0.2) is 0 Å². The lowest BCUT2D eigenvalue weighted by atomic mass is 10.3. The number of carbonyl (C=O) groups excluding carboxylic acids is 1. The monoisotopic (exact) mass is 248 g/mol. The Morgan fingerprint density at radius 2 is 2.40 bits per heavy atom. The standard InChI is InChI=1S/C6H5IN2O/c7-5-3-9-2-1-4(5)6(8)10/h1-3H,(H2,8,10). The molecule has 1 heterocycles. The van der Waals surface area contributed by atoms with E-state index in [0.717, 1.165) is 3.57 Å². The van der Waals surface area contributed by atoms with Crippen LogP contribution in [-0.2, 0) is 0 Å². The highest BCUT2D eigenvalue weighted by atomic mass is 127. The lowest BCUT2D eigenvalue weighted by Crippen LogP contribution is -2.12. The number of hydrogen-bond donors (Lipinski definition) is 1. The Morgan fingerprint density at radius 1 is 1.70 bits per heavy atom. The number of rotatable bonds is 1. The van der Waals surface area contributed by atoms with Gasteiger partial charge in [-0.3, -0.25) is 9.78 Å². The average molecular weight is 248 g/mol. The van der Waals surface area contributed by atoms with Crippen molar-refractivity contribution in [2.45, 2.75) is 0 Å². The fraction of sp³-hybridized carbons (Fsp3) is 0. The summed E-state index contributed by atoms with van der Waals surface area (Å²) in [4.78, 5) is 14.4. The largest absolute Gasteiger partial charge is 0.366 e. The van der Waals surface area contributed by atoms with Gasteiger partial charge in [-0.05, 0) is 28.7 Å². The molecule has 1 aromatic rings. The second-order valence-electron chi connectivity index (χ2n) is 1.72. The first-order valence-corrected chi connectivity index (χ1v) is 3.69. The molecule has 0 spiro atoms. The minimum atomic E-state index is -0.410. The number of aromatic nitrogens is 1. The molecule has 0 aliphatic carbocycles. The van der Waals surface area contributed by atoms with E-state index in [2.05, 4.69) is 4.98 Å². The van der Waals surface area contributed by atoms with Gasteiger partial charge in [0.15, 0.2) is 0 Å². The molecule has 0 saturated heterocycles. The fourth-order valence-corrected chi connectivity index (χ4v) is 1.18. The Bertz CT molecular complexity index is 262. The second-order valence-corrected chi connectivity index (χ2v) is 2.88. The van der Waals surface area contributed by atoms with Crippen molar-refractivity contribution in [1.29, 1.82) is 0 Å². The Labute approximate surface area is 71.8 Å². The predicted octanol–water partition coefficient (Wildman–Crippen LogP) is 0.785. The van der Waals surface area contributed by atoms with E-state index >= 15 is 0 Å². The molecule has 4 heteroatoms.